The molecule has 3 aromatic rings. The van der Waals surface area contributed by atoms with Gasteiger partial charge in [-0.15, -0.1) is 10.2 Å². The third kappa shape index (κ3) is 5.04. The van der Waals surface area contributed by atoms with Gasteiger partial charge < -0.3 is 9.73 Å². The summed E-state index contributed by atoms with van der Waals surface area (Å²) >= 11 is 1.22. The van der Waals surface area contributed by atoms with Crippen LogP contribution in [0.3, 0.4) is 0 Å². The molecule has 7 heteroatoms. The average Bonchev–Trinajstić information content (AvgIpc) is 3.14. The van der Waals surface area contributed by atoms with Gasteiger partial charge in [-0.25, -0.2) is 0 Å². The van der Waals surface area contributed by atoms with Crippen molar-refractivity contribution >= 4 is 23.5 Å². The Kier molecular flexibility index (Phi) is 6.03. The molecule has 2 aromatic carbocycles. The van der Waals surface area contributed by atoms with E-state index in [9.17, 15) is 9.59 Å². The van der Waals surface area contributed by atoms with Crippen molar-refractivity contribution in [3.05, 3.63) is 65.2 Å². The van der Waals surface area contributed by atoms with Crippen LogP contribution in [0.1, 0.15) is 28.4 Å². The first-order chi connectivity index (χ1) is 13.0. The van der Waals surface area contributed by atoms with E-state index in [0.717, 1.165) is 16.7 Å². The van der Waals surface area contributed by atoms with E-state index >= 15 is 0 Å². The quantitative estimate of drug-likeness (QED) is 0.497. The van der Waals surface area contributed by atoms with Crippen LogP contribution in [0, 0.1) is 6.92 Å². The summed E-state index contributed by atoms with van der Waals surface area (Å²) in [5.41, 5.74) is 3.48. The number of nitrogens with zero attached hydrogens (tertiary/aromatic N) is 2. The van der Waals surface area contributed by atoms with Crippen molar-refractivity contribution in [3.8, 4) is 11.5 Å². The Morgan fingerprint density at radius 3 is 2.52 bits per heavy atom. The number of aromatic nitrogens is 2. The molecule has 0 aliphatic carbocycles. The van der Waals surface area contributed by atoms with E-state index in [-0.39, 0.29) is 17.4 Å². The van der Waals surface area contributed by atoms with Crippen LogP contribution in [-0.2, 0) is 11.3 Å². The van der Waals surface area contributed by atoms with Gasteiger partial charge in [0.25, 0.3) is 5.22 Å². The second kappa shape index (κ2) is 8.64. The summed E-state index contributed by atoms with van der Waals surface area (Å²) in [6, 6.07) is 14.9. The van der Waals surface area contributed by atoms with E-state index in [1.807, 2.05) is 43.3 Å². The zero-order valence-electron chi connectivity index (χ0n) is 15.1. The number of ketones is 1. The minimum atomic E-state index is -0.0869. The minimum absolute atomic E-state index is 0.0262. The molecule has 0 fully saturated rings. The first kappa shape index (κ1) is 18.8. The van der Waals surface area contributed by atoms with Gasteiger partial charge in [0.1, 0.15) is 0 Å². The van der Waals surface area contributed by atoms with Gasteiger partial charge >= 0.3 is 0 Å². The molecule has 0 bridgehead atoms. The number of aryl methyl sites for hydroxylation is 1. The lowest BCUT2D eigenvalue weighted by Crippen LogP contribution is -2.18. The second-order valence-electron chi connectivity index (χ2n) is 6.01. The Labute approximate surface area is 161 Å². The molecule has 0 spiro atoms. The summed E-state index contributed by atoms with van der Waals surface area (Å²) in [6.07, 6.45) is 0. The SMILES string of the molecule is CC(=O)NCc1ccc(C(=O)CSc2nnc(-c3ccccc3C)o2)cc1. The van der Waals surface area contributed by atoms with Crippen molar-refractivity contribution in [1.29, 1.82) is 0 Å². The summed E-state index contributed by atoms with van der Waals surface area (Å²) in [4.78, 5) is 23.3. The van der Waals surface area contributed by atoms with Gasteiger partial charge in [-0.2, -0.15) is 0 Å². The molecule has 138 valence electrons. The van der Waals surface area contributed by atoms with Gasteiger partial charge in [-0.3, -0.25) is 9.59 Å². The highest BCUT2D eigenvalue weighted by atomic mass is 32.2. The number of Topliss-reactive ketones (excluding diaryl/α,β-unsaturated/α-hetero) is 1. The number of thioether (sulfide) groups is 1. The number of benzene rings is 2. The molecule has 0 radical (unpaired) electrons. The maximum Gasteiger partial charge on any atom is 0.277 e. The summed E-state index contributed by atoms with van der Waals surface area (Å²) in [7, 11) is 0. The van der Waals surface area contributed by atoms with Gasteiger partial charge in [-0.1, -0.05) is 54.2 Å². The maximum atomic E-state index is 12.3. The zero-order valence-corrected chi connectivity index (χ0v) is 15.9. The van der Waals surface area contributed by atoms with Crippen molar-refractivity contribution in [2.45, 2.75) is 25.6 Å². The van der Waals surface area contributed by atoms with E-state index in [1.54, 1.807) is 12.1 Å². The van der Waals surface area contributed by atoms with Crippen LogP contribution in [0.2, 0.25) is 0 Å². The average molecular weight is 381 g/mol. The Bertz CT molecular complexity index is 951. The van der Waals surface area contributed by atoms with E-state index in [1.165, 1.54) is 18.7 Å². The summed E-state index contributed by atoms with van der Waals surface area (Å²) < 4.78 is 5.66. The van der Waals surface area contributed by atoms with Gasteiger partial charge in [0, 0.05) is 24.6 Å². The maximum absolute atomic E-state index is 12.3. The van der Waals surface area contributed by atoms with E-state index in [2.05, 4.69) is 15.5 Å². The smallest absolute Gasteiger partial charge is 0.277 e. The van der Waals surface area contributed by atoms with Crippen LogP contribution >= 0.6 is 11.8 Å². The molecule has 6 nitrogen and oxygen atoms in total. The van der Waals surface area contributed by atoms with Crippen LogP contribution < -0.4 is 5.32 Å². The lowest BCUT2D eigenvalue weighted by atomic mass is 10.1. The lowest BCUT2D eigenvalue weighted by Gasteiger charge is -2.04. The first-order valence-electron chi connectivity index (χ1n) is 8.42. The van der Waals surface area contributed by atoms with Crippen LogP contribution in [0.4, 0.5) is 0 Å². The highest BCUT2D eigenvalue weighted by Crippen LogP contribution is 2.25. The van der Waals surface area contributed by atoms with Crippen LogP contribution in [0.15, 0.2) is 58.2 Å². The minimum Gasteiger partial charge on any atom is -0.411 e. The summed E-state index contributed by atoms with van der Waals surface area (Å²) in [5.74, 6) is 0.545. The first-order valence-corrected chi connectivity index (χ1v) is 9.40. The molecule has 0 unspecified atom stereocenters. The van der Waals surface area contributed by atoms with Gasteiger partial charge in [0.15, 0.2) is 5.78 Å². The Morgan fingerprint density at radius 1 is 1.07 bits per heavy atom. The fraction of sp³-hybridized carbons (Fsp3) is 0.200. The highest BCUT2D eigenvalue weighted by Gasteiger charge is 2.13. The van der Waals surface area contributed by atoms with Crippen molar-refractivity contribution in [2.75, 3.05) is 5.75 Å². The van der Waals surface area contributed by atoms with Gasteiger partial charge in [0.05, 0.1) is 5.75 Å². The number of hydrogen-bond acceptors (Lipinski definition) is 6. The standard InChI is InChI=1S/C20H19N3O3S/c1-13-5-3-4-6-17(13)19-22-23-20(26-19)27-12-18(25)16-9-7-15(8-10-16)11-21-14(2)24/h3-10H,11-12H2,1-2H3,(H,21,24). The summed E-state index contributed by atoms with van der Waals surface area (Å²) in [5, 5.41) is 11.2. The molecule has 1 amide bonds. The van der Waals surface area contributed by atoms with Crippen molar-refractivity contribution in [3.63, 3.8) is 0 Å². The van der Waals surface area contributed by atoms with Crippen LogP contribution in [0.5, 0.6) is 0 Å². The number of carbonyl (C=O) groups is 2. The molecule has 0 saturated heterocycles. The molecule has 3 rings (SSSR count). The van der Waals surface area contributed by atoms with E-state index in [4.69, 9.17) is 4.42 Å². The number of carbonyl (C=O) groups excluding carboxylic acids is 2. The Hall–Kier alpha value is -2.93. The molecule has 0 atom stereocenters. The third-order valence-corrected chi connectivity index (χ3v) is 4.74. The van der Waals surface area contributed by atoms with Crippen LogP contribution in [0.25, 0.3) is 11.5 Å². The molecule has 27 heavy (non-hydrogen) atoms. The number of nitrogens with one attached hydrogen (secondary N) is 1. The number of amides is 1. The predicted molar refractivity (Wildman–Crippen MR) is 103 cm³/mol. The summed E-state index contributed by atoms with van der Waals surface area (Å²) in [6.45, 7) is 3.89. The third-order valence-electron chi connectivity index (χ3n) is 3.93. The van der Waals surface area contributed by atoms with Crippen molar-refractivity contribution in [1.82, 2.24) is 15.5 Å². The van der Waals surface area contributed by atoms with Gasteiger partial charge in [-0.05, 0) is 24.1 Å². The molecule has 1 N–H and O–H groups in total. The van der Waals surface area contributed by atoms with E-state index in [0.29, 0.717) is 23.2 Å². The molecule has 1 heterocycles. The number of hydrogen-bond donors (Lipinski definition) is 1. The van der Waals surface area contributed by atoms with Gasteiger partial charge in [0.2, 0.25) is 11.8 Å². The number of rotatable bonds is 7. The topological polar surface area (TPSA) is 85.1 Å². The van der Waals surface area contributed by atoms with Crippen molar-refractivity contribution in [2.24, 2.45) is 0 Å². The molecule has 0 aliphatic heterocycles. The fourth-order valence-electron chi connectivity index (χ4n) is 2.44. The Balaban J connectivity index is 1.58. The predicted octanol–water partition coefficient (Wildman–Crippen LogP) is 3.66. The van der Waals surface area contributed by atoms with E-state index < -0.39 is 0 Å². The monoisotopic (exact) mass is 381 g/mol. The molecule has 0 saturated carbocycles. The fourth-order valence-corrected chi connectivity index (χ4v) is 3.09. The largest absolute Gasteiger partial charge is 0.411 e. The lowest BCUT2D eigenvalue weighted by molar-refractivity contribution is -0.119. The molecule has 1 aromatic heterocycles. The highest BCUT2D eigenvalue weighted by molar-refractivity contribution is 7.99. The normalized spacial score (nSPS) is 10.6. The van der Waals surface area contributed by atoms with Crippen molar-refractivity contribution < 1.29 is 14.0 Å². The molecule has 0 aliphatic rings. The Morgan fingerprint density at radius 2 is 1.81 bits per heavy atom. The zero-order chi connectivity index (χ0) is 19.2. The molecular weight excluding hydrogens is 362 g/mol. The molecular formula is C20H19N3O3S. The van der Waals surface area contributed by atoms with Crippen LogP contribution in [-0.4, -0.2) is 27.6 Å². The second-order valence-corrected chi connectivity index (χ2v) is 6.93.